The molecule has 2 rings (SSSR count). The van der Waals surface area contributed by atoms with Crippen LogP contribution in [-0.4, -0.2) is 45.6 Å². The van der Waals surface area contributed by atoms with Crippen LogP contribution >= 0.6 is 0 Å². The fourth-order valence-corrected chi connectivity index (χ4v) is 4.19. The normalized spacial score (nSPS) is 12.4. The van der Waals surface area contributed by atoms with Gasteiger partial charge in [-0.05, 0) is 36.8 Å². The summed E-state index contributed by atoms with van der Waals surface area (Å²) < 4.78 is 57.1. The fourth-order valence-electron chi connectivity index (χ4n) is 4.19. The third-order valence-corrected chi connectivity index (χ3v) is 5.80. The first kappa shape index (κ1) is 30.3. The molecule has 0 bridgehead atoms. The van der Waals surface area contributed by atoms with Crippen molar-refractivity contribution in [3.05, 3.63) is 58.7 Å². The van der Waals surface area contributed by atoms with Gasteiger partial charge in [0, 0.05) is 14.0 Å². The molecule has 0 spiro atoms. The minimum Gasteiger partial charge on any atom is -0.496 e. The van der Waals surface area contributed by atoms with Crippen molar-refractivity contribution in [2.24, 2.45) is 21.8 Å². The van der Waals surface area contributed by atoms with Crippen LogP contribution < -0.4 is 9.64 Å². The molecule has 0 aliphatic rings. The number of aliphatic imine (C=N–C) groups is 2. The van der Waals surface area contributed by atoms with E-state index < -0.39 is 51.7 Å². The molecule has 0 radical (unpaired) electrons. The highest BCUT2D eigenvalue weighted by Crippen LogP contribution is 2.43. The molecule has 1 amide bonds. The Morgan fingerprint density at radius 2 is 1.63 bits per heavy atom. The fraction of sp³-hybridized carbons (Fsp3) is 0.357. The predicted octanol–water partition coefficient (Wildman–Crippen LogP) is 6.21. The van der Waals surface area contributed by atoms with E-state index in [4.69, 9.17) is 9.47 Å². The van der Waals surface area contributed by atoms with Crippen LogP contribution in [0.15, 0.2) is 45.6 Å². The van der Waals surface area contributed by atoms with Gasteiger partial charge in [0.1, 0.15) is 23.1 Å². The number of ether oxygens (including phenoxy) is 2. The summed E-state index contributed by atoms with van der Waals surface area (Å²) in [6, 6.07) is 4.36. The van der Waals surface area contributed by atoms with Crippen molar-refractivity contribution in [2.45, 2.75) is 34.6 Å². The van der Waals surface area contributed by atoms with Gasteiger partial charge in [0.15, 0.2) is 5.82 Å². The summed E-state index contributed by atoms with van der Waals surface area (Å²) in [5.41, 5.74) is -1.89. The molecule has 0 unspecified atom stereocenters. The van der Waals surface area contributed by atoms with Gasteiger partial charge in [-0.15, -0.1) is 0 Å². The molecule has 0 fully saturated rings. The van der Waals surface area contributed by atoms with E-state index in [0.29, 0.717) is 11.8 Å². The molecule has 10 heteroatoms. The number of allylic oxidation sites excluding steroid dienone is 2. The number of hydrogen-bond acceptors (Lipinski definition) is 6. The van der Waals surface area contributed by atoms with Gasteiger partial charge in [-0.25, -0.2) is 18.0 Å². The summed E-state index contributed by atoms with van der Waals surface area (Å²) in [6.45, 7) is 11.9. The molecule has 0 aliphatic carbocycles. The number of carbonyl (C=O) groups excluding carboxylic acids is 2. The Morgan fingerprint density at radius 1 is 1.00 bits per heavy atom. The highest BCUT2D eigenvalue weighted by molar-refractivity contribution is 6.15. The van der Waals surface area contributed by atoms with Crippen LogP contribution in [0.1, 0.15) is 45.0 Å². The predicted molar refractivity (Wildman–Crippen MR) is 142 cm³/mol. The zero-order valence-corrected chi connectivity index (χ0v) is 22.8. The van der Waals surface area contributed by atoms with E-state index >= 15 is 8.78 Å². The standard InChI is InChI=1S/C28H32F3N3O4/c1-14(2)24(32-6)27(25(33-7)15(3)4)34(16(5)35)26-17(28(36)38-9)13-19(30)22(23(26)31)21-18(29)11-10-12-20(21)37-8/h10-15H,6H2,1-5,7-9H3/b27-24+,33-25-. The van der Waals surface area contributed by atoms with E-state index in [0.717, 1.165) is 25.0 Å². The topological polar surface area (TPSA) is 80.6 Å². The first-order chi connectivity index (χ1) is 17.9. The highest BCUT2D eigenvalue weighted by Gasteiger charge is 2.36. The maximum Gasteiger partial charge on any atom is 0.340 e. The lowest BCUT2D eigenvalue weighted by Gasteiger charge is -2.31. The average molecular weight is 532 g/mol. The number of hydrogen-bond donors (Lipinski definition) is 0. The third kappa shape index (κ3) is 5.64. The molecular weight excluding hydrogens is 499 g/mol. The summed E-state index contributed by atoms with van der Waals surface area (Å²) in [6.07, 6.45) is 0. The van der Waals surface area contributed by atoms with E-state index in [1.165, 1.54) is 26.3 Å². The number of rotatable bonds is 9. The number of halogens is 3. The van der Waals surface area contributed by atoms with Crippen LogP contribution in [0.25, 0.3) is 11.1 Å². The number of methoxy groups -OCH3 is 2. The van der Waals surface area contributed by atoms with Crippen LogP contribution in [0, 0.1) is 29.3 Å². The molecular formula is C28H32F3N3O4. The van der Waals surface area contributed by atoms with Crippen LogP contribution in [0.2, 0.25) is 0 Å². The van der Waals surface area contributed by atoms with Gasteiger partial charge in [0.05, 0.1) is 48.0 Å². The van der Waals surface area contributed by atoms with Gasteiger partial charge in [-0.3, -0.25) is 19.7 Å². The molecule has 0 saturated heterocycles. The van der Waals surface area contributed by atoms with E-state index in [1.54, 1.807) is 27.7 Å². The van der Waals surface area contributed by atoms with Crippen LogP contribution in [-0.2, 0) is 9.53 Å². The van der Waals surface area contributed by atoms with Gasteiger partial charge in [-0.2, -0.15) is 0 Å². The summed E-state index contributed by atoms with van der Waals surface area (Å²) in [4.78, 5) is 35.4. The Bertz CT molecular complexity index is 1320. The zero-order valence-electron chi connectivity index (χ0n) is 22.8. The second kappa shape index (κ2) is 12.5. The molecule has 2 aromatic rings. The van der Waals surface area contributed by atoms with E-state index in [9.17, 15) is 14.0 Å². The monoisotopic (exact) mass is 531 g/mol. The van der Waals surface area contributed by atoms with Crippen LogP contribution in [0.3, 0.4) is 0 Å². The minimum absolute atomic E-state index is 0.0714. The van der Waals surface area contributed by atoms with Gasteiger partial charge >= 0.3 is 5.97 Å². The molecule has 0 N–H and O–H groups in total. The maximum atomic E-state index is 16.6. The molecule has 0 aliphatic heterocycles. The molecule has 0 heterocycles. The molecule has 0 aromatic heterocycles. The van der Waals surface area contributed by atoms with Crippen molar-refractivity contribution in [3.63, 3.8) is 0 Å². The van der Waals surface area contributed by atoms with Crippen LogP contribution in [0.4, 0.5) is 18.9 Å². The van der Waals surface area contributed by atoms with Crippen LogP contribution in [0.5, 0.6) is 5.75 Å². The Morgan fingerprint density at radius 3 is 2.08 bits per heavy atom. The summed E-state index contributed by atoms with van der Waals surface area (Å²) in [5.74, 6) is -6.25. The number of anilines is 1. The second-order valence-electron chi connectivity index (χ2n) is 8.92. The lowest BCUT2D eigenvalue weighted by molar-refractivity contribution is -0.116. The number of esters is 1. The Hall–Kier alpha value is -3.95. The highest BCUT2D eigenvalue weighted by atomic mass is 19.1. The first-order valence-corrected chi connectivity index (χ1v) is 11.8. The molecule has 7 nitrogen and oxygen atoms in total. The van der Waals surface area contributed by atoms with Crippen molar-refractivity contribution < 1.29 is 32.2 Å². The minimum atomic E-state index is -1.38. The van der Waals surface area contributed by atoms with Crippen molar-refractivity contribution in [2.75, 3.05) is 26.2 Å². The Balaban J connectivity index is 3.25. The SMILES string of the molecule is C=N/C(=C(\C(=N/C)C(C)C)N(C(C)=O)c1c(C(=O)OC)cc(F)c(-c2c(F)cccc2OC)c1F)C(C)C. The molecule has 0 atom stereocenters. The van der Waals surface area contributed by atoms with Gasteiger partial charge in [-0.1, -0.05) is 33.8 Å². The third-order valence-electron chi connectivity index (χ3n) is 5.80. The molecule has 0 saturated carbocycles. The molecule has 38 heavy (non-hydrogen) atoms. The summed E-state index contributed by atoms with van der Waals surface area (Å²) in [7, 11) is 3.74. The number of nitrogens with zero attached hydrogens (tertiary/aromatic N) is 3. The van der Waals surface area contributed by atoms with Gasteiger partial charge in [0.2, 0.25) is 5.91 Å². The van der Waals surface area contributed by atoms with Crippen molar-refractivity contribution >= 4 is 30.0 Å². The molecule has 204 valence electrons. The van der Waals surface area contributed by atoms with Gasteiger partial charge < -0.3 is 9.47 Å². The average Bonchev–Trinajstić information content (AvgIpc) is 2.85. The maximum absolute atomic E-state index is 16.6. The largest absolute Gasteiger partial charge is 0.496 e. The van der Waals surface area contributed by atoms with E-state index in [2.05, 4.69) is 16.7 Å². The van der Waals surface area contributed by atoms with Crippen molar-refractivity contribution in [1.29, 1.82) is 0 Å². The number of carbonyl (C=O) groups is 2. The smallest absolute Gasteiger partial charge is 0.340 e. The van der Waals surface area contributed by atoms with E-state index in [-0.39, 0.29) is 29.0 Å². The van der Waals surface area contributed by atoms with Gasteiger partial charge in [0.25, 0.3) is 0 Å². The number of benzene rings is 2. The quantitative estimate of drug-likeness (QED) is 0.284. The zero-order chi connectivity index (χ0) is 28.9. The van der Waals surface area contributed by atoms with E-state index in [1.807, 2.05) is 0 Å². The van der Waals surface area contributed by atoms with Crippen molar-refractivity contribution in [3.8, 4) is 16.9 Å². The summed E-state index contributed by atoms with van der Waals surface area (Å²) >= 11 is 0. The molecule has 2 aromatic carbocycles. The first-order valence-electron chi connectivity index (χ1n) is 11.8. The lowest BCUT2D eigenvalue weighted by atomic mass is 9.94. The lowest BCUT2D eigenvalue weighted by Crippen LogP contribution is -2.37. The Kier molecular flexibility index (Phi) is 9.98. The van der Waals surface area contributed by atoms with Crippen molar-refractivity contribution in [1.82, 2.24) is 0 Å². The second-order valence-corrected chi connectivity index (χ2v) is 8.92. The Labute approximate surface area is 220 Å². The summed E-state index contributed by atoms with van der Waals surface area (Å²) in [5, 5.41) is 0. The number of amides is 1.